The number of alkyl halides is 3. The number of amides is 2. The van der Waals surface area contributed by atoms with E-state index in [-0.39, 0.29) is 29.4 Å². The molecule has 0 bridgehead atoms. The van der Waals surface area contributed by atoms with Gasteiger partial charge in [-0.2, -0.15) is 18.3 Å². The number of nitrogens with one attached hydrogen (secondary N) is 2. The lowest BCUT2D eigenvalue weighted by Crippen LogP contribution is -2.28. The molecule has 2 aromatic heterocycles. The molecule has 214 valence electrons. The fraction of sp³-hybridized carbons (Fsp3) is 0.276. The third-order valence-electron chi connectivity index (χ3n) is 6.29. The third kappa shape index (κ3) is 7.29. The Morgan fingerprint density at radius 1 is 1.00 bits per heavy atom. The number of hydrogen-bond donors (Lipinski definition) is 2. The second kappa shape index (κ2) is 11.7. The second-order valence-corrected chi connectivity index (χ2v) is 10.9. The molecule has 0 fully saturated rings. The van der Waals surface area contributed by atoms with Crippen LogP contribution in [0.3, 0.4) is 0 Å². The zero-order valence-corrected chi connectivity index (χ0v) is 23.5. The van der Waals surface area contributed by atoms with Crippen LogP contribution >= 0.6 is 11.6 Å². The number of anilines is 1. The summed E-state index contributed by atoms with van der Waals surface area (Å²) in [6, 6.07) is 13.2. The van der Waals surface area contributed by atoms with Gasteiger partial charge in [-0.15, -0.1) is 0 Å². The van der Waals surface area contributed by atoms with Crippen LogP contribution in [0.2, 0.25) is 5.02 Å². The maximum atomic E-state index is 13.0. The van der Waals surface area contributed by atoms with Crippen molar-refractivity contribution in [3.8, 4) is 5.69 Å². The van der Waals surface area contributed by atoms with E-state index >= 15 is 0 Å². The SMILES string of the molecule is CC(C(=O)NCc1cc(C(C)(C)C)nn1-c1cccc(Cl)c1)c1cnc(C(=O)Nc2ccc(C(F)(F)F)cc2)nc1. The standard InChI is InChI=1S/C29H28ClF3N6O2/c1-17(18-14-34-25(35-15-18)27(41)37-21-10-8-19(9-11-21)29(31,32)33)26(40)36-16-23-13-24(28(2,3)4)38-39(23)22-7-5-6-20(30)12-22/h5-15,17H,16H2,1-4H3,(H,36,40)(H,37,41). The van der Waals surface area contributed by atoms with Crippen molar-refractivity contribution in [2.75, 3.05) is 5.32 Å². The maximum absolute atomic E-state index is 13.0. The van der Waals surface area contributed by atoms with Gasteiger partial charge in [0.2, 0.25) is 11.7 Å². The van der Waals surface area contributed by atoms with Gasteiger partial charge in [0.1, 0.15) is 0 Å². The molecule has 2 aromatic carbocycles. The minimum absolute atomic E-state index is 0.162. The summed E-state index contributed by atoms with van der Waals surface area (Å²) in [6.45, 7) is 8.04. The topological polar surface area (TPSA) is 102 Å². The van der Waals surface area contributed by atoms with E-state index in [9.17, 15) is 22.8 Å². The Labute approximate surface area is 240 Å². The number of carbonyl (C=O) groups is 2. The van der Waals surface area contributed by atoms with Crippen LogP contribution < -0.4 is 10.6 Å². The Hall–Kier alpha value is -4.25. The van der Waals surface area contributed by atoms with Crippen molar-refractivity contribution in [1.82, 2.24) is 25.1 Å². The molecule has 8 nitrogen and oxygen atoms in total. The van der Waals surface area contributed by atoms with Crippen molar-refractivity contribution < 1.29 is 22.8 Å². The van der Waals surface area contributed by atoms with Gasteiger partial charge in [-0.1, -0.05) is 38.4 Å². The van der Waals surface area contributed by atoms with Crippen molar-refractivity contribution >= 4 is 29.1 Å². The Balaban J connectivity index is 1.41. The van der Waals surface area contributed by atoms with E-state index in [1.807, 2.05) is 18.2 Å². The van der Waals surface area contributed by atoms with Crippen LogP contribution in [0.25, 0.3) is 5.69 Å². The molecule has 0 saturated heterocycles. The molecule has 12 heteroatoms. The quantitative estimate of drug-likeness (QED) is 0.265. The number of benzene rings is 2. The van der Waals surface area contributed by atoms with Gasteiger partial charge in [0.15, 0.2) is 0 Å². The summed E-state index contributed by atoms with van der Waals surface area (Å²) in [6.07, 6.45) is -1.74. The lowest BCUT2D eigenvalue weighted by Gasteiger charge is -2.14. The van der Waals surface area contributed by atoms with Gasteiger partial charge in [-0.3, -0.25) is 9.59 Å². The first-order chi connectivity index (χ1) is 19.2. The lowest BCUT2D eigenvalue weighted by atomic mass is 9.92. The Morgan fingerprint density at radius 3 is 2.24 bits per heavy atom. The highest BCUT2D eigenvalue weighted by atomic mass is 35.5. The van der Waals surface area contributed by atoms with Crippen molar-refractivity contribution in [2.45, 2.75) is 51.7 Å². The second-order valence-electron chi connectivity index (χ2n) is 10.5. The molecule has 0 aliphatic rings. The van der Waals surface area contributed by atoms with Gasteiger partial charge < -0.3 is 10.6 Å². The van der Waals surface area contributed by atoms with Crippen molar-refractivity contribution in [2.24, 2.45) is 0 Å². The fourth-order valence-electron chi connectivity index (χ4n) is 3.83. The number of nitrogens with zero attached hydrogens (tertiary/aromatic N) is 4. The summed E-state index contributed by atoms with van der Waals surface area (Å²) >= 11 is 6.19. The van der Waals surface area contributed by atoms with Crippen LogP contribution in [0.4, 0.5) is 18.9 Å². The van der Waals surface area contributed by atoms with Crippen molar-refractivity contribution in [3.05, 3.63) is 100 Å². The fourth-order valence-corrected chi connectivity index (χ4v) is 4.02. The molecule has 0 aliphatic carbocycles. The van der Waals surface area contributed by atoms with Crippen LogP contribution in [0.5, 0.6) is 0 Å². The predicted molar refractivity (Wildman–Crippen MR) is 149 cm³/mol. The number of aromatic nitrogens is 4. The Kier molecular flexibility index (Phi) is 8.48. The number of carbonyl (C=O) groups excluding carboxylic acids is 2. The number of hydrogen-bond acceptors (Lipinski definition) is 5. The minimum atomic E-state index is -4.47. The molecular weight excluding hydrogens is 557 g/mol. The zero-order chi connectivity index (χ0) is 29.9. The predicted octanol–water partition coefficient (Wildman–Crippen LogP) is 6.30. The van der Waals surface area contributed by atoms with Gasteiger partial charge in [0.05, 0.1) is 35.1 Å². The lowest BCUT2D eigenvalue weighted by molar-refractivity contribution is -0.137. The smallest absolute Gasteiger partial charge is 0.350 e. The van der Waals surface area contributed by atoms with E-state index in [2.05, 4.69) is 41.4 Å². The van der Waals surface area contributed by atoms with Crippen LogP contribution in [-0.2, 0) is 22.9 Å². The highest BCUT2D eigenvalue weighted by Gasteiger charge is 2.30. The van der Waals surface area contributed by atoms with Gasteiger partial charge in [-0.25, -0.2) is 14.6 Å². The van der Waals surface area contributed by atoms with Gasteiger partial charge in [0.25, 0.3) is 5.91 Å². The van der Waals surface area contributed by atoms with E-state index in [0.717, 1.165) is 41.3 Å². The normalized spacial score (nSPS) is 12.6. The first kappa shape index (κ1) is 29.7. The molecule has 0 radical (unpaired) electrons. The van der Waals surface area contributed by atoms with Crippen LogP contribution in [-0.4, -0.2) is 31.6 Å². The Bertz CT molecular complexity index is 1540. The summed E-state index contributed by atoms with van der Waals surface area (Å²) in [4.78, 5) is 33.5. The molecule has 0 aliphatic heterocycles. The highest BCUT2D eigenvalue weighted by molar-refractivity contribution is 6.30. The molecule has 1 unspecified atom stereocenters. The summed E-state index contributed by atoms with van der Waals surface area (Å²) in [7, 11) is 0. The Morgan fingerprint density at radius 2 is 1.66 bits per heavy atom. The molecule has 1 atom stereocenters. The molecule has 2 N–H and O–H groups in total. The average molecular weight is 585 g/mol. The van der Waals surface area contributed by atoms with Crippen LogP contribution in [0.15, 0.2) is 67.0 Å². The van der Waals surface area contributed by atoms with Crippen LogP contribution in [0, 0.1) is 0 Å². The summed E-state index contributed by atoms with van der Waals surface area (Å²) in [5.74, 6) is -1.81. The monoisotopic (exact) mass is 584 g/mol. The summed E-state index contributed by atoms with van der Waals surface area (Å²) in [5, 5.41) is 10.7. The molecule has 2 amide bonds. The molecule has 0 spiro atoms. The van der Waals surface area contributed by atoms with Crippen molar-refractivity contribution in [1.29, 1.82) is 0 Å². The van der Waals surface area contributed by atoms with E-state index in [4.69, 9.17) is 16.7 Å². The average Bonchev–Trinajstić information content (AvgIpc) is 3.36. The largest absolute Gasteiger partial charge is 0.416 e. The maximum Gasteiger partial charge on any atom is 0.416 e. The van der Waals surface area contributed by atoms with E-state index < -0.39 is 23.6 Å². The van der Waals surface area contributed by atoms with Gasteiger partial charge >= 0.3 is 6.18 Å². The van der Waals surface area contributed by atoms with E-state index in [1.54, 1.807) is 23.7 Å². The summed E-state index contributed by atoms with van der Waals surface area (Å²) in [5.41, 5.74) is 1.99. The van der Waals surface area contributed by atoms with Gasteiger partial charge in [0, 0.05) is 34.1 Å². The van der Waals surface area contributed by atoms with Gasteiger partial charge in [-0.05, 0) is 55.5 Å². The van der Waals surface area contributed by atoms with Crippen LogP contribution in [0.1, 0.15) is 66.7 Å². The first-order valence-electron chi connectivity index (χ1n) is 12.7. The number of halogens is 4. The highest BCUT2D eigenvalue weighted by Crippen LogP contribution is 2.30. The minimum Gasteiger partial charge on any atom is -0.350 e. The molecule has 0 saturated carbocycles. The van der Waals surface area contributed by atoms with E-state index in [0.29, 0.717) is 10.6 Å². The molecule has 2 heterocycles. The molecule has 41 heavy (non-hydrogen) atoms. The number of rotatable bonds is 7. The zero-order valence-electron chi connectivity index (χ0n) is 22.8. The first-order valence-corrected chi connectivity index (χ1v) is 13.0. The van der Waals surface area contributed by atoms with Crippen molar-refractivity contribution in [3.63, 3.8) is 0 Å². The molecule has 4 aromatic rings. The molecule has 4 rings (SSSR count). The summed E-state index contributed by atoms with van der Waals surface area (Å²) < 4.78 is 40.0. The van der Waals surface area contributed by atoms with E-state index in [1.165, 1.54) is 12.4 Å². The third-order valence-corrected chi connectivity index (χ3v) is 6.52. The molecular formula is C29H28ClF3N6O2.